The smallest absolute Gasteiger partial charge is 0.326 e. The molecule has 1 aromatic carbocycles. The van der Waals surface area contributed by atoms with Crippen molar-refractivity contribution in [3.05, 3.63) is 53.4 Å². The molecule has 0 spiro atoms. The Morgan fingerprint density at radius 1 is 0.636 bits per heavy atom. The molecule has 4 aromatic rings. The number of nitrogens with zero attached hydrogens (tertiary/aromatic N) is 10. The highest BCUT2D eigenvalue weighted by Gasteiger charge is 2.43. The Morgan fingerprint density at radius 2 is 1.20 bits per heavy atom. The second kappa shape index (κ2) is 52.7. The Hall–Kier alpha value is -10.9. The van der Waals surface area contributed by atoms with Gasteiger partial charge < -0.3 is 114 Å². The number of morpholine rings is 1. The molecule has 702 valence electrons. The molecule has 45 nitrogen and oxygen atoms in total. The number of unbranched alkanes of at least 4 members (excludes halogenated alkanes) is 3. The van der Waals surface area contributed by atoms with Gasteiger partial charge in [-0.2, -0.15) is 0 Å². The van der Waals surface area contributed by atoms with E-state index in [1.165, 1.54) is 30.7 Å². The summed E-state index contributed by atoms with van der Waals surface area (Å²) in [6, 6.07) is -0.546. The van der Waals surface area contributed by atoms with Crippen molar-refractivity contribution in [2.24, 2.45) is 11.7 Å². The number of fused-ring (bicyclic) bond motifs is 1. The molecular weight excluding hydrogens is 1690 g/mol. The van der Waals surface area contributed by atoms with E-state index in [1.54, 1.807) is 39.5 Å². The maximum Gasteiger partial charge on any atom is 0.326 e. The second-order valence-corrected chi connectivity index (χ2v) is 33.3. The topological polar surface area (TPSA) is 578 Å². The standard InChI is InChI=1S/C81H118B3N19O26/c1-51(77(117)127-63-35-57(105)42-100-43-72(114)124-47-61(63)100)13-6-9-26-86-66(107)21-29-119-48-81(49-120-30-22-67(108)87-27-10-7-15-58-62(106)17-12-14-56(104)37-89-58,50-121-31-23-68(109)88-28-11-8-16-59(90-38-70(111)112)78(118)129-73-19-18-71(113)128-73)92-69(110)20-24-80(4,5)126-32-25-79(2,3)93-76(116)60(36-85)91-75(115)52-33-64(122-44-53-39-101(82)97-94-53)74(125-46-55-41-103(84)99-96-55)65(34-52)123-45-54-40-102(83)98-95-54/h33-34,39-41,51,58-61,63,73,89-90H,6-32,35-38,42-50,85H2,1-5H3,(H,86,107)(H,87,108)(H,88,109)(H,91,115)(H,92,110)(H,93,116)(H,111,112)/t51?,58?,59?,60?,61-,63-,73-,81?/m1/s1. The average molecular weight is 1810 g/mol. The highest BCUT2D eigenvalue weighted by Crippen LogP contribution is 2.41. The summed E-state index contributed by atoms with van der Waals surface area (Å²) in [6.07, 6.45) is 7.31. The van der Waals surface area contributed by atoms with Crippen molar-refractivity contribution in [1.82, 2.24) is 92.1 Å². The molecule has 0 saturated carbocycles. The zero-order chi connectivity index (χ0) is 93.5. The molecule has 3 aromatic heterocycles. The van der Waals surface area contributed by atoms with Crippen LogP contribution in [0.2, 0.25) is 0 Å². The van der Waals surface area contributed by atoms with Crippen LogP contribution < -0.4 is 62.5 Å². The van der Waals surface area contributed by atoms with Crippen molar-refractivity contribution in [2.75, 3.05) is 105 Å². The molecule has 4 saturated heterocycles. The molecule has 0 bridgehead atoms. The van der Waals surface area contributed by atoms with Gasteiger partial charge in [0.15, 0.2) is 17.3 Å². The third-order valence-electron chi connectivity index (χ3n) is 21.2. The second-order valence-electron chi connectivity index (χ2n) is 33.3. The number of ketones is 3. The van der Waals surface area contributed by atoms with E-state index in [9.17, 15) is 72.2 Å². The number of amides is 6. The summed E-state index contributed by atoms with van der Waals surface area (Å²) in [7, 11) is 17.2. The highest BCUT2D eigenvalue weighted by molar-refractivity contribution is 6.06. The Balaban J connectivity index is 0.889. The molecule has 5 unspecified atom stereocenters. The Kier molecular flexibility index (Phi) is 42.3. The van der Waals surface area contributed by atoms with Crippen molar-refractivity contribution in [1.29, 1.82) is 0 Å². The van der Waals surface area contributed by atoms with Crippen LogP contribution in [0.15, 0.2) is 30.7 Å². The summed E-state index contributed by atoms with van der Waals surface area (Å²) in [4.78, 5) is 183. The quantitative estimate of drug-likeness (QED) is 0.0100. The predicted molar refractivity (Wildman–Crippen MR) is 452 cm³/mol. The molecule has 8 rings (SSSR count). The third kappa shape index (κ3) is 37.6. The lowest BCUT2D eigenvalue weighted by Crippen LogP contribution is -2.59. The number of carboxylic acids is 1. The van der Waals surface area contributed by atoms with Gasteiger partial charge in [-0.25, -0.2) is 0 Å². The molecule has 4 aliphatic rings. The number of nitrogens with two attached hydrogens (primary N) is 1. The number of aromatic nitrogens is 9. The summed E-state index contributed by atoms with van der Waals surface area (Å²) >= 11 is 0. The van der Waals surface area contributed by atoms with Crippen LogP contribution >= 0.6 is 0 Å². The van der Waals surface area contributed by atoms with Gasteiger partial charge in [-0.15, -0.1) is 15.3 Å². The fraction of sp³-hybridized carbons (Fsp3) is 0.679. The lowest BCUT2D eigenvalue weighted by Gasteiger charge is -2.41. The molecule has 4 fully saturated rings. The number of carboxylic acid groups (broad SMARTS) is 1. The molecule has 7 heterocycles. The monoisotopic (exact) mass is 1810 g/mol. The number of nitrogens with one attached hydrogen (secondary N) is 8. The summed E-state index contributed by atoms with van der Waals surface area (Å²) in [5.41, 5.74) is 3.45. The number of carbonyl (C=O) groups is 14. The van der Waals surface area contributed by atoms with Crippen molar-refractivity contribution in [2.45, 2.75) is 243 Å². The van der Waals surface area contributed by atoms with Crippen LogP contribution in [0.1, 0.15) is 197 Å². The van der Waals surface area contributed by atoms with Gasteiger partial charge >= 0.3 is 29.8 Å². The fourth-order valence-corrected chi connectivity index (χ4v) is 14.0. The maximum atomic E-state index is 14.6. The molecule has 4 aliphatic heterocycles. The number of piperidine rings is 1. The first-order chi connectivity index (χ1) is 61.6. The van der Waals surface area contributed by atoms with E-state index in [0.717, 1.165) is 13.8 Å². The third-order valence-corrected chi connectivity index (χ3v) is 21.2. The summed E-state index contributed by atoms with van der Waals surface area (Å²) in [6.45, 7) is 6.48. The molecule has 6 radical (unpaired) electrons. The lowest BCUT2D eigenvalue weighted by atomic mass is 9.96. The van der Waals surface area contributed by atoms with E-state index in [0.29, 0.717) is 87.7 Å². The Bertz CT molecular complexity index is 4350. The number of hydrogen-bond donors (Lipinski definition) is 10. The van der Waals surface area contributed by atoms with Crippen LogP contribution in [0.3, 0.4) is 0 Å². The minimum Gasteiger partial charge on any atom is -0.483 e. The van der Waals surface area contributed by atoms with Crippen LogP contribution in [0.4, 0.5) is 0 Å². The number of cyclic esters (lactones) is 2. The van der Waals surface area contributed by atoms with Crippen LogP contribution in [-0.2, 0) is 120 Å². The van der Waals surface area contributed by atoms with Gasteiger partial charge in [0.25, 0.3) is 29.9 Å². The normalized spacial score (nSPS) is 17.9. The average Bonchev–Trinajstić information content (AvgIpc) is 1.50. The van der Waals surface area contributed by atoms with Gasteiger partial charge in [0, 0.05) is 114 Å². The molecule has 0 aliphatic carbocycles. The molecule has 8 atom stereocenters. The number of carbonyl (C=O) groups excluding carboxylic acids is 13. The number of Topliss-reactive ketones (excluding diaryl/α,β-unsaturated/α-hetero) is 3. The predicted octanol–water partition coefficient (Wildman–Crippen LogP) is -1.88. The number of aliphatic carboxylic acids is 1. The van der Waals surface area contributed by atoms with E-state index in [4.69, 9.17) is 81.8 Å². The first-order valence-corrected chi connectivity index (χ1v) is 43.2. The zero-order valence-corrected chi connectivity index (χ0v) is 73.6. The van der Waals surface area contributed by atoms with Crippen LogP contribution in [0.5, 0.6) is 17.2 Å². The summed E-state index contributed by atoms with van der Waals surface area (Å²) in [5.74, 6) is -7.32. The van der Waals surface area contributed by atoms with Gasteiger partial charge in [0.2, 0.25) is 41.6 Å². The zero-order valence-electron chi connectivity index (χ0n) is 73.6. The number of hydrogen-bond acceptors (Lipinski definition) is 35. The Labute approximate surface area is 749 Å². The molecule has 6 amide bonds. The fourth-order valence-electron chi connectivity index (χ4n) is 14.0. The van der Waals surface area contributed by atoms with E-state index in [1.807, 2.05) is 0 Å². The van der Waals surface area contributed by atoms with Crippen molar-refractivity contribution < 1.29 is 124 Å². The molecule has 48 heteroatoms. The van der Waals surface area contributed by atoms with Crippen molar-refractivity contribution >= 4 is 107 Å². The minimum absolute atomic E-state index is 0.00375. The van der Waals surface area contributed by atoms with E-state index >= 15 is 0 Å². The number of ether oxygens (including phenoxy) is 11. The maximum absolute atomic E-state index is 14.6. The van der Waals surface area contributed by atoms with E-state index < -0.39 is 119 Å². The van der Waals surface area contributed by atoms with Gasteiger partial charge in [-0.1, -0.05) is 29.0 Å². The molecular formula is C81H118B3N19O26. The first kappa shape index (κ1) is 103. The van der Waals surface area contributed by atoms with E-state index in [-0.39, 0.29) is 235 Å². The summed E-state index contributed by atoms with van der Waals surface area (Å²) in [5, 5.41) is 55.3. The van der Waals surface area contributed by atoms with Gasteiger partial charge in [0.05, 0.1) is 95.8 Å². The van der Waals surface area contributed by atoms with Gasteiger partial charge in [-0.05, 0) is 110 Å². The van der Waals surface area contributed by atoms with Crippen molar-refractivity contribution in [3.8, 4) is 17.2 Å². The van der Waals surface area contributed by atoms with Crippen LogP contribution in [0.25, 0.3) is 0 Å². The minimum atomic E-state index is -1.56. The highest BCUT2D eigenvalue weighted by atomic mass is 16.7. The molecule has 129 heavy (non-hydrogen) atoms. The number of benzene rings is 1. The summed E-state index contributed by atoms with van der Waals surface area (Å²) < 4.78 is 67.6. The first-order valence-electron chi connectivity index (χ1n) is 43.2. The van der Waals surface area contributed by atoms with Crippen LogP contribution in [0, 0.1) is 5.92 Å². The largest absolute Gasteiger partial charge is 0.483 e. The number of esters is 4. The SMILES string of the molecule is [B]n1cc(COc2cc(C(=O)NC(CN)C(=O)NC(C)(C)CCOC(C)(C)CCC(=O)NC(COCCC(=O)NCCCCC(C)C(=O)O[C@@H]3CC(=O)CN4CC(=O)OC[C@H]34)(COCCC(=O)NCCCCC3NCC(=O)CCCC3=O)COCCC(=O)NCCCCC(NCC(=O)O)C(=O)O[C@@H]3CCC(=O)O3)cc(OCc3cn([B])nn3)c2OCc2cn([B])nn2)nn1. The van der Waals surface area contributed by atoms with Crippen LogP contribution in [-0.4, -0.2) is 320 Å². The van der Waals surface area contributed by atoms with Gasteiger partial charge in [-0.3, -0.25) is 77.3 Å². The van der Waals surface area contributed by atoms with E-state index in [2.05, 4.69) is 73.5 Å². The lowest BCUT2D eigenvalue weighted by molar-refractivity contribution is -0.179. The Morgan fingerprint density at radius 3 is 1.74 bits per heavy atom. The van der Waals surface area contributed by atoms with Gasteiger partial charge in [0.1, 0.15) is 78.8 Å². The molecule has 11 N–H and O–H groups in total. The van der Waals surface area contributed by atoms with Crippen molar-refractivity contribution in [3.63, 3.8) is 0 Å². The number of rotatable bonds is 59.